The van der Waals surface area contributed by atoms with Crippen LogP contribution in [0.25, 0.3) is 0 Å². The zero-order valence-corrected chi connectivity index (χ0v) is 20.9. The van der Waals surface area contributed by atoms with Gasteiger partial charge in [0, 0.05) is 62.4 Å². The summed E-state index contributed by atoms with van der Waals surface area (Å²) in [6, 6.07) is 16.0. The van der Waals surface area contributed by atoms with Gasteiger partial charge in [0.1, 0.15) is 0 Å². The molecule has 1 N–H and O–H groups in total. The van der Waals surface area contributed by atoms with Crippen LogP contribution >= 0.6 is 11.6 Å². The third-order valence-electron chi connectivity index (χ3n) is 5.82. The summed E-state index contributed by atoms with van der Waals surface area (Å²) in [5.74, 6) is 0.139. The Morgan fingerprint density at radius 1 is 1.08 bits per heavy atom. The maximum atomic E-state index is 13.2. The van der Waals surface area contributed by atoms with Gasteiger partial charge < -0.3 is 24.7 Å². The Balaban J connectivity index is 1.38. The second-order valence-electron chi connectivity index (χ2n) is 8.32. The minimum absolute atomic E-state index is 0.244. The second kappa shape index (κ2) is 11.9. The van der Waals surface area contributed by atoms with Gasteiger partial charge in [-0.15, -0.1) is 0 Å². The van der Waals surface area contributed by atoms with Crippen molar-refractivity contribution in [2.45, 2.75) is 6.54 Å². The predicted octanol–water partition coefficient (Wildman–Crippen LogP) is 4.30. The summed E-state index contributed by atoms with van der Waals surface area (Å²) in [4.78, 5) is 38.3. The van der Waals surface area contributed by atoms with Crippen LogP contribution in [0.3, 0.4) is 0 Å². The Morgan fingerprint density at radius 2 is 1.83 bits per heavy atom. The van der Waals surface area contributed by atoms with Crippen molar-refractivity contribution >= 4 is 35.0 Å². The first-order chi connectivity index (χ1) is 17.4. The molecule has 0 saturated carbocycles. The van der Waals surface area contributed by atoms with Gasteiger partial charge in [-0.25, -0.2) is 4.79 Å². The number of nitrogens with one attached hydrogen (secondary N) is 1. The Hall–Kier alpha value is -3.66. The monoisotopic (exact) mass is 509 g/mol. The maximum Gasteiger partial charge on any atom is 0.415 e. The Bertz CT molecular complexity index is 1180. The number of halogens is 1. The van der Waals surface area contributed by atoms with Crippen LogP contribution < -0.4 is 15.0 Å². The number of hydrogen-bond donors (Lipinski definition) is 1. The average Bonchev–Trinajstić information content (AvgIpc) is 2.90. The first-order valence-corrected chi connectivity index (χ1v) is 11.9. The molecule has 0 radical (unpaired) electrons. The zero-order valence-electron chi connectivity index (χ0n) is 20.2. The molecule has 36 heavy (non-hydrogen) atoms. The quantitative estimate of drug-likeness (QED) is 0.508. The predicted molar refractivity (Wildman–Crippen MR) is 138 cm³/mol. The molecule has 1 aromatic heterocycles. The van der Waals surface area contributed by atoms with Gasteiger partial charge >= 0.3 is 6.09 Å². The fourth-order valence-electron chi connectivity index (χ4n) is 3.89. The number of rotatable bonds is 7. The van der Waals surface area contributed by atoms with Crippen molar-refractivity contribution in [1.29, 1.82) is 0 Å². The van der Waals surface area contributed by atoms with E-state index in [0.717, 1.165) is 37.4 Å². The molecule has 2 amide bonds. The molecule has 188 valence electrons. The largest absolute Gasteiger partial charge is 0.415 e. The van der Waals surface area contributed by atoms with Gasteiger partial charge in [-0.1, -0.05) is 23.7 Å². The van der Waals surface area contributed by atoms with Gasteiger partial charge in [0.05, 0.1) is 18.9 Å². The average molecular weight is 510 g/mol. The van der Waals surface area contributed by atoms with Gasteiger partial charge in [-0.3, -0.25) is 9.78 Å². The lowest BCUT2D eigenvalue weighted by Crippen LogP contribution is -2.46. The van der Waals surface area contributed by atoms with Crippen molar-refractivity contribution in [3.63, 3.8) is 0 Å². The molecular formula is C26H28ClN5O4. The van der Waals surface area contributed by atoms with Crippen molar-refractivity contribution in [3.05, 3.63) is 83.1 Å². The number of amides is 2. The van der Waals surface area contributed by atoms with Crippen molar-refractivity contribution in [2.75, 3.05) is 50.6 Å². The van der Waals surface area contributed by atoms with E-state index in [1.165, 1.54) is 11.1 Å². The number of piperazine rings is 1. The third kappa shape index (κ3) is 6.51. The van der Waals surface area contributed by atoms with Crippen LogP contribution in [0.4, 0.5) is 16.2 Å². The number of ether oxygens (including phenoxy) is 1. The maximum absolute atomic E-state index is 13.2. The highest BCUT2D eigenvalue weighted by molar-refractivity contribution is 6.31. The summed E-state index contributed by atoms with van der Waals surface area (Å²) in [5, 5.41) is 5.34. The molecular weight excluding hydrogens is 482 g/mol. The van der Waals surface area contributed by atoms with Crippen LogP contribution in [-0.2, 0) is 11.4 Å². The van der Waals surface area contributed by atoms with E-state index in [0.29, 0.717) is 28.6 Å². The van der Waals surface area contributed by atoms with E-state index in [4.69, 9.17) is 21.2 Å². The van der Waals surface area contributed by atoms with Crippen LogP contribution in [0.2, 0.25) is 5.02 Å². The first-order valence-electron chi connectivity index (χ1n) is 11.5. The molecule has 1 aliphatic rings. The molecule has 1 aliphatic heterocycles. The summed E-state index contributed by atoms with van der Waals surface area (Å²) in [7, 11) is 3.32. The number of benzene rings is 2. The van der Waals surface area contributed by atoms with Gasteiger partial charge in [0.2, 0.25) is 0 Å². The number of hydroxylamine groups is 2. The molecule has 1 saturated heterocycles. The van der Waals surface area contributed by atoms with E-state index in [1.807, 2.05) is 23.3 Å². The Morgan fingerprint density at radius 3 is 2.50 bits per heavy atom. The van der Waals surface area contributed by atoms with Crippen LogP contribution in [0, 0.1) is 0 Å². The highest BCUT2D eigenvalue weighted by atomic mass is 35.5. The molecule has 2 aromatic carbocycles. The summed E-state index contributed by atoms with van der Waals surface area (Å²) in [5.41, 5.74) is 2.87. The SMILES string of the molecule is CON1CCN(c2ccc(Cl)cc2C(=O)Nc2ccc(CN(C)C(=O)Oc3cccnc3)cc2)CC1. The fraction of sp³-hybridized carbons (Fsp3) is 0.269. The highest BCUT2D eigenvalue weighted by Gasteiger charge is 2.22. The number of carbonyl (C=O) groups is 2. The molecule has 2 heterocycles. The second-order valence-corrected chi connectivity index (χ2v) is 8.76. The number of pyridine rings is 1. The Labute approximate surface area is 215 Å². The van der Waals surface area contributed by atoms with Crippen LogP contribution in [0.1, 0.15) is 15.9 Å². The van der Waals surface area contributed by atoms with Gasteiger partial charge in [0.15, 0.2) is 5.75 Å². The smallest absolute Gasteiger partial charge is 0.409 e. The number of carbonyl (C=O) groups excluding carboxylic acids is 2. The molecule has 10 heteroatoms. The first kappa shape index (κ1) is 25.4. The van der Waals surface area contributed by atoms with E-state index in [1.54, 1.807) is 56.8 Å². The van der Waals surface area contributed by atoms with E-state index in [-0.39, 0.29) is 5.91 Å². The standard InChI is InChI=1S/C26H28ClN5O4/c1-30(26(34)36-22-4-3-11-28-17-22)18-19-5-8-21(9-6-19)29-25(33)23-16-20(27)7-10-24(23)31-12-14-32(35-2)15-13-31/h3-11,16-17H,12-15,18H2,1-2H3,(H,29,33). The van der Waals surface area contributed by atoms with Gasteiger partial charge in [-0.2, -0.15) is 5.06 Å². The lowest BCUT2D eigenvalue weighted by molar-refractivity contribution is -0.133. The highest BCUT2D eigenvalue weighted by Crippen LogP contribution is 2.27. The molecule has 9 nitrogen and oxygen atoms in total. The van der Waals surface area contributed by atoms with Crippen LogP contribution in [0.5, 0.6) is 5.75 Å². The van der Waals surface area contributed by atoms with E-state index < -0.39 is 6.09 Å². The third-order valence-corrected chi connectivity index (χ3v) is 6.06. The number of anilines is 2. The van der Waals surface area contributed by atoms with E-state index >= 15 is 0 Å². The molecule has 0 bridgehead atoms. The number of nitrogens with zero attached hydrogens (tertiary/aromatic N) is 4. The van der Waals surface area contributed by atoms with E-state index in [9.17, 15) is 9.59 Å². The Kier molecular flexibility index (Phi) is 8.37. The summed E-state index contributed by atoms with van der Waals surface area (Å²) >= 11 is 6.22. The summed E-state index contributed by atoms with van der Waals surface area (Å²) < 4.78 is 5.30. The van der Waals surface area contributed by atoms with Crippen molar-refractivity contribution in [2.24, 2.45) is 0 Å². The van der Waals surface area contributed by atoms with Gasteiger partial charge in [0.25, 0.3) is 5.91 Å². The summed E-state index contributed by atoms with van der Waals surface area (Å²) in [6.07, 6.45) is 2.60. The van der Waals surface area contributed by atoms with Crippen molar-refractivity contribution in [1.82, 2.24) is 14.9 Å². The molecule has 3 aromatic rings. The van der Waals surface area contributed by atoms with Gasteiger partial charge in [-0.05, 0) is 48.0 Å². The normalized spacial score (nSPS) is 13.8. The zero-order chi connectivity index (χ0) is 25.5. The minimum Gasteiger partial charge on any atom is -0.409 e. The number of aromatic nitrogens is 1. The topological polar surface area (TPSA) is 87.2 Å². The summed E-state index contributed by atoms with van der Waals surface area (Å²) in [6.45, 7) is 3.30. The molecule has 0 atom stereocenters. The van der Waals surface area contributed by atoms with Crippen molar-refractivity contribution in [3.8, 4) is 5.75 Å². The van der Waals surface area contributed by atoms with Crippen molar-refractivity contribution < 1.29 is 19.2 Å². The molecule has 0 spiro atoms. The fourth-order valence-corrected chi connectivity index (χ4v) is 4.07. The van der Waals surface area contributed by atoms with Crippen LogP contribution in [0.15, 0.2) is 67.0 Å². The molecule has 0 aliphatic carbocycles. The van der Waals surface area contributed by atoms with E-state index in [2.05, 4.69) is 15.2 Å². The number of hydrogen-bond acceptors (Lipinski definition) is 7. The minimum atomic E-state index is -0.486. The lowest BCUT2D eigenvalue weighted by Gasteiger charge is -2.35. The molecule has 0 unspecified atom stereocenters. The molecule has 4 rings (SSSR count). The molecule has 1 fully saturated rings. The lowest BCUT2D eigenvalue weighted by atomic mass is 10.1. The van der Waals surface area contributed by atoms with Crippen LogP contribution in [-0.4, -0.2) is 67.3 Å².